The average molecular weight is 277 g/mol. The first-order chi connectivity index (χ1) is 9.88. The first kappa shape index (κ1) is 13.7. The van der Waals surface area contributed by atoms with Gasteiger partial charge in [0.15, 0.2) is 11.5 Å². The Hall–Kier alpha value is -1.26. The zero-order chi connectivity index (χ0) is 13.8. The van der Waals surface area contributed by atoms with E-state index in [1.165, 1.54) is 18.4 Å². The maximum atomic E-state index is 9.40. The Kier molecular flexibility index (Phi) is 4.43. The zero-order valence-corrected chi connectivity index (χ0v) is 11.8. The van der Waals surface area contributed by atoms with Crippen molar-refractivity contribution in [2.24, 2.45) is 5.92 Å². The fourth-order valence-electron chi connectivity index (χ4n) is 3.35. The van der Waals surface area contributed by atoms with Gasteiger partial charge >= 0.3 is 0 Å². The topological polar surface area (TPSA) is 50.7 Å². The molecule has 4 heteroatoms. The summed E-state index contributed by atoms with van der Waals surface area (Å²) < 4.78 is 11.3. The van der Waals surface area contributed by atoms with Crippen molar-refractivity contribution >= 4 is 0 Å². The van der Waals surface area contributed by atoms with Crippen LogP contribution in [0.2, 0.25) is 0 Å². The molecule has 3 rings (SSSR count). The summed E-state index contributed by atoms with van der Waals surface area (Å²) in [6.07, 6.45) is 3.18. The monoisotopic (exact) mass is 277 g/mol. The standard InChI is InChI=1S/C16H23NO3/c18-8-5-14(12-3-6-17-7-4-12)13-1-2-15-16(11-13)20-10-9-19-15/h1-2,11-12,14,17-18H,3-10H2. The molecule has 1 aromatic rings. The number of benzene rings is 1. The first-order valence-electron chi connectivity index (χ1n) is 7.59. The number of aliphatic hydroxyl groups is 1. The molecule has 1 unspecified atom stereocenters. The lowest BCUT2D eigenvalue weighted by atomic mass is 9.78. The van der Waals surface area contributed by atoms with E-state index in [9.17, 15) is 5.11 Å². The molecule has 0 spiro atoms. The third-order valence-electron chi connectivity index (χ3n) is 4.39. The molecular weight excluding hydrogens is 254 g/mol. The number of fused-ring (bicyclic) bond motifs is 1. The molecule has 0 bridgehead atoms. The third-order valence-corrected chi connectivity index (χ3v) is 4.39. The molecule has 1 saturated heterocycles. The Labute approximate surface area is 120 Å². The molecule has 4 nitrogen and oxygen atoms in total. The van der Waals surface area contributed by atoms with Crippen LogP contribution in [0.4, 0.5) is 0 Å². The van der Waals surface area contributed by atoms with Crippen molar-refractivity contribution in [3.63, 3.8) is 0 Å². The van der Waals surface area contributed by atoms with E-state index in [0.29, 0.717) is 25.0 Å². The van der Waals surface area contributed by atoms with Crippen molar-refractivity contribution in [2.75, 3.05) is 32.9 Å². The number of ether oxygens (including phenoxy) is 2. The summed E-state index contributed by atoms with van der Waals surface area (Å²) in [7, 11) is 0. The molecule has 0 radical (unpaired) electrons. The SMILES string of the molecule is OCCC(c1ccc2c(c1)OCCO2)C1CCNCC1. The van der Waals surface area contributed by atoms with Gasteiger partial charge in [0.1, 0.15) is 13.2 Å². The van der Waals surface area contributed by atoms with Gasteiger partial charge in [-0.05, 0) is 61.9 Å². The Bertz CT molecular complexity index is 443. The Balaban J connectivity index is 1.82. The number of rotatable bonds is 4. The van der Waals surface area contributed by atoms with E-state index in [1.807, 2.05) is 6.07 Å². The predicted molar refractivity (Wildman–Crippen MR) is 77.5 cm³/mol. The number of hydrogen-bond acceptors (Lipinski definition) is 4. The predicted octanol–water partition coefficient (Wildman–Crippen LogP) is 1.92. The summed E-state index contributed by atoms with van der Waals surface area (Å²) in [6, 6.07) is 6.25. The number of aliphatic hydroxyl groups excluding tert-OH is 1. The second kappa shape index (κ2) is 6.46. The first-order valence-corrected chi connectivity index (χ1v) is 7.59. The second-order valence-corrected chi connectivity index (χ2v) is 5.61. The molecule has 2 aliphatic heterocycles. The molecule has 0 saturated carbocycles. The minimum Gasteiger partial charge on any atom is -0.486 e. The van der Waals surface area contributed by atoms with Crippen molar-refractivity contribution in [3.05, 3.63) is 23.8 Å². The largest absolute Gasteiger partial charge is 0.486 e. The van der Waals surface area contributed by atoms with Crippen LogP contribution < -0.4 is 14.8 Å². The fourth-order valence-corrected chi connectivity index (χ4v) is 3.35. The molecule has 1 aromatic carbocycles. The Morgan fingerprint density at radius 1 is 1.15 bits per heavy atom. The highest BCUT2D eigenvalue weighted by molar-refractivity contribution is 5.45. The second-order valence-electron chi connectivity index (χ2n) is 5.61. The van der Waals surface area contributed by atoms with Gasteiger partial charge in [-0.15, -0.1) is 0 Å². The molecule has 1 atom stereocenters. The lowest BCUT2D eigenvalue weighted by Crippen LogP contribution is -2.31. The minimum absolute atomic E-state index is 0.239. The van der Waals surface area contributed by atoms with Gasteiger partial charge in [-0.25, -0.2) is 0 Å². The zero-order valence-electron chi connectivity index (χ0n) is 11.8. The van der Waals surface area contributed by atoms with Crippen molar-refractivity contribution in [1.29, 1.82) is 0 Å². The molecule has 2 N–H and O–H groups in total. The molecule has 2 heterocycles. The van der Waals surface area contributed by atoms with Crippen LogP contribution in [-0.4, -0.2) is 38.0 Å². The number of hydrogen-bond donors (Lipinski definition) is 2. The van der Waals surface area contributed by atoms with Crippen LogP contribution in [0.3, 0.4) is 0 Å². The molecule has 20 heavy (non-hydrogen) atoms. The highest BCUT2D eigenvalue weighted by Crippen LogP contribution is 2.38. The highest BCUT2D eigenvalue weighted by Gasteiger charge is 2.26. The van der Waals surface area contributed by atoms with Gasteiger partial charge in [-0.1, -0.05) is 6.07 Å². The summed E-state index contributed by atoms with van der Waals surface area (Å²) in [5.41, 5.74) is 1.27. The maximum absolute atomic E-state index is 9.40. The van der Waals surface area contributed by atoms with Crippen LogP contribution >= 0.6 is 0 Å². The molecule has 1 fully saturated rings. The van der Waals surface area contributed by atoms with Gasteiger partial charge < -0.3 is 19.9 Å². The quantitative estimate of drug-likeness (QED) is 0.883. The van der Waals surface area contributed by atoms with E-state index in [0.717, 1.165) is 31.0 Å². The lowest BCUT2D eigenvalue weighted by Gasteiger charge is -2.31. The molecule has 0 aliphatic carbocycles. The molecule has 0 amide bonds. The van der Waals surface area contributed by atoms with E-state index >= 15 is 0 Å². The summed E-state index contributed by atoms with van der Waals surface area (Å²) >= 11 is 0. The fraction of sp³-hybridized carbons (Fsp3) is 0.625. The summed E-state index contributed by atoms with van der Waals surface area (Å²) in [5, 5.41) is 12.8. The van der Waals surface area contributed by atoms with E-state index < -0.39 is 0 Å². The lowest BCUT2D eigenvalue weighted by molar-refractivity contribution is 0.170. The number of nitrogens with one attached hydrogen (secondary N) is 1. The van der Waals surface area contributed by atoms with Crippen LogP contribution in [0, 0.1) is 5.92 Å². The molecule has 0 aromatic heterocycles. The summed E-state index contributed by atoms with van der Waals surface area (Å²) in [4.78, 5) is 0. The average Bonchev–Trinajstić information content (AvgIpc) is 2.53. The maximum Gasteiger partial charge on any atom is 0.161 e. The van der Waals surface area contributed by atoms with Crippen LogP contribution in [0.1, 0.15) is 30.7 Å². The normalized spacial score (nSPS) is 20.6. The molecule has 110 valence electrons. The Morgan fingerprint density at radius 2 is 1.90 bits per heavy atom. The molecular formula is C16H23NO3. The van der Waals surface area contributed by atoms with Crippen molar-refractivity contribution in [1.82, 2.24) is 5.32 Å². The van der Waals surface area contributed by atoms with Gasteiger partial charge in [0.25, 0.3) is 0 Å². The van der Waals surface area contributed by atoms with Gasteiger partial charge in [0.05, 0.1) is 0 Å². The van der Waals surface area contributed by atoms with Crippen LogP contribution in [0.5, 0.6) is 11.5 Å². The summed E-state index contributed by atoms with van der Waals surface area (Å²) in [5.74, 6) is 2.75. The van der Waals surface area contributed by atoms with Gasteiger partial charge in [0.2, 0.25) is 0 Å². The van der Waals surface area contributed by atoms with Gasteiger partial charge in [0, 0.05) is 6.61 Å². The van der Waals surface area contributed by atoms with Gasteiger partial charge in [-0.3, -0.25) is 0 Å². The highest BCUT2D eigenvalue weighted by atomic mass is 16.6. The van der Waals surface area contributed by atoms with E-state index in [-0.39, 0.29) is 6.61 Å². The smallest absolute Gasteiger partial charge is 0.161 e. The summed E-state index contributed by atoms with van der Waals surface area (Å²) in [6.45, 7) is 3.65. The van der Waals surface area contributed by atoms with Crippen molar-refractivity contribution in [3.8, 4) is 11.5 Å². The Morgan fingerprint density at radius 3 is 2.65 bits per heavy atom. The van der Waals surface area contributed by atoms with Crippen LogP contribution in [0.15, 0.2) is 18.2 Å². The minimum atomic E-state index is 0.239. The molecule has 2 aliphatic rings. The number of piperidine rings is 1. The van der Waals surface area contributed by atoms with E-state index in [4.69, 9.17) is 9.47 Å². The van der Waals surface area contributed by atoms with E-state index in [2.05, 4.69) is 17.4 Å². The van der Waals surface area contributed by atoms with Crippen molar-refractivity contribution in [2.45, 2.75) is 25.2 Å². The van der Waals surface area contributed by atoms with Crippen LogP contribution in [-0.2, 0) is 0 Å². The van der Waals surface area contributed by atoms with E-state index in [1.54, 1.807) is 0 Å². The van der Waals surface area contributed by atoms with Gasteiger partial charge in [-0.2, -0.15) is 0 Å². The van der Waals surface area contributed by atoms with Crippen LogP contribution in [0.25, 0.3) is 0 Å². The third kappa shape index (κ3) is 2.91. The van der Waals surface area contributed by atoms with Crippen molar-refractivity contribution < 1.29 is 14.6 Å².